The van der Waals surface area contributed by atoms with Gasteiger partial charge in [0.2, 0.25) is 0 Å². The number of benzene rings is 2. The zero-order valence-corrected chi connectivity index (χ0v) is 15.6. The molecule has 0 saturated heterocycles. The van der Waals surface area contributed by atoms with Crippen molar-refractivity contribution in [2.24, 2.45) is 5.41 Å². The van der Waals surface area contributed by atoms with Crippen molar-refractivity contribution in [3.05, 3.63) is 48.0 Å². The highest BCUT2D eigenvalue weighted by Gasteiger charge is 2.19. The van der Waals surface area contributed by atoms with Crippen LogP contribution in [0.3, 0.4) is 0 Å². The Balaban J connectivity index is 2.71. The van der Waals surface area contributed by atoms with Gasteiger partial charge in [0.1, 0.15) is 0 Å². The highest BCUT2D eigenvalue weighted by molar-refractivity contribution is 5.90. The monoisotopic (exact) mass is 310 g/mol. The first-order chi connectivity index (χ1) is 10.7. The van der Waals surface area contributed by atoms with Crippen LogP contribution in [0.2, 0.25) is 0 Å². The highest BCUT2D eigenvalue weighted by Crippen LogP contribution is 2.40. The van der Waals surface area contributed by atoms with E-state index in [0.717, 1.165) is 6.42 Å². The van der Waals surface area contributed by atoms with Crippen molar-refractivity contribution in [2.45, 2.75) is 27.2 Å². The van der Waals surface area contributed by atoms with Crippen molar-refractivity contribution in [1.29, 1.82) is 0 Å². The summed E-state index contributed by atoms with van der Waals surface area (Å²) in [6.45, 7) is 6.90. The Morgan fingerprint density at radius 1 is 0.739 bits per heavy atom. The number of anilines is 2. The van der Waals surface area contributed by atoms with Crippen LogP contribution in [0.5, 0.6) is 0 Å². The largest absolute Gasteiger partial charge is 0.377 e. The molecule has 0 saturated carbocycles. The van der Waals surface area contributed by atoms with Gasteiger partial charge in [-0.15, -0.1) is 0 Å². The topological polar surface area (TPSA) is 6.48 Å². The summed E-state index contributed by atoms with van der Waals surface area (Å²) in [5.41, 5.74) is 6.87. The summed E-state index contributed by atoms with van der Waals surface area (Å²) in [6, 6.07) is 15.4. The molecular weight excluding hydrogens is 280 g/mol. The van der Waals surface area contributed by atoms with Crippen molar-refractivity contribution in [3.8, 4) is 11.1 Å². The molecule has 0 aliphatic heterocycles. The fraction of sp³-hybridized carbons (Fsp3) is 0.429. The van der Waals surface area contributed by atoms with Crippen LogP contribution in [0.15, 0.2) is 42.5 Å². The van der Waals surface area contributed by atoms with Crippen LogP contribution in [0.4, 0.5) is 11.4 Å². The van der Waals surface area contributed by atoms with Gasteiger partial charge in [0.05, 0.1) is 0 Å². The summed E-state index contributed by atoms with van der Waals surface area (Å²) in [6.07, 6.45) is 1.07. The molecular formula is C21H30N2. The van der Waals surface area contributed by atoms with Crippen LogP contribution in [-0.2, 0) is 6.42 Å². The lowest BCUT2D eigenvalue weighted by Crippen LogP contribution is -2.16. The Labute approximate surface area is 141 Å². The van der Waals surface area contributed by atoms with E-state index < -0.39 is 0 Å². The lowest BCUT2D eigenvalue weighted by molar-refractivity contribution is 0.412. The minimum atomic E-state index is 0.265. The van der Waals surface area contributed by atoms with Gasteiger partial charge in [-0.05, 0) is 35.1 Å². The van der Waals surface area contributed by atoms with Gasteiger partial charge in [0.15, 0.2) is 0 Å². The van der Waals surface area contributed by atoms with Gasteiger partial charge in [-0.2, -0.15) is 0 Å². The first-order valence-corrected chi connectivity index (χ1v) is 8.26. The van der Waals surface area contributed by atoms with E-state index in [1.54, 1.807) is 0 Å². The molecule has 124 valence electrons. The molecule has 0 N–H and O–H groups in total. The molecule has 2 heteroatoms. The fourth-order valence-electron chi connectivity index (χ4n) is 3.04. The summed E-state index contributed by atoms with van der Waals surface area (Å²) in [5.74, 6) is 0. The summed E-state index contributed by atoms with van der Waals surface area (Å²) >= 11 is 0. The average molecular weight is 310 g/mol. The predicted octanol–water partition coefficient (Wildman–Crippen LogP) is 5.07. The molecule has 0 bridgehead atoms. The van der Waals surface area contributed by atoms with Gasteiger partial charge < -0.3 is 9.80 Å². The number of hydrogen-bond acceptors (Lipinski definition) is 2. The summed E-state index contributed by atoms with van der Waals surface area (Å²) < 4.78 is 0. The minimum Gasteiger partial charge on any atom is -0.377 e. The van der Waals surface area contributed by atoms with E-state index in [-0.39, 0.29) is 5.41 Å². The second-order valence-electron chi connectivity index (χ2n) is 7.85. The molecule has 0 aromatic heterocycles. The van der Waals surface area contributed by atoms with Crippen LogP contribution in [0.25, 0.3) is 11.1 Å². The first kappa shape index (κ1) is 17.4. The van der Waals surface area contributed by atoms with Crippen LogP contribution in [-0.4, -0.2) is 28.2 Å². The van der Waals surface area contributed by atoms with Gasteiger partial charge in [-0.25, -0.2) is 0 Å². The van der Waals surface area contributed by atoms with Crippen LogP contribution >= 0.6 is 0 Å². The molecule has 0 aliphatic rings. The van der Waals surface area contributed by atoms with Crippen LogP contribution < -0.4 is 9.80 Å². The third kappa shape index (κ3) is 4.07. The van der Waals surface area contributed by atoms with Crippen molar-refractivity contribution < 1.29 is 0 Å². The Kier molecular flexibility index (Phi) is 5.03. The molecule has 0 amide bonds. The SMILES string of the molecule is CN(C)c1cccc(N(C)C)c1-c1ccccc1CC(C)(C)C. The molecule has 0 heterocycles. The zero-order valence-electron chi connectivity index (χ0n) is 15.6. The van der Waals surface area contributed by atoms with E-state index in [1.807, 2.05) is 0 Å². The lowest BCUT2D eigenvalue weighted by atomic mass is 9.84. The summed E-state index contributed by atoms with van der Waals surface area (Å²) in [7, 11) is 8.46. The van der Waals surface area contributed by atoms with Gasteiger partial charge in [-0.3, -0.25) is 0 Å². The Bertz CT molecular complexity index is 638. The average Bonchev–Trinajstić information content (AvgIpc) is 2.45. The van der Waals surface area contributed by atoms with E-state index in [0.29, 0.717) is 0 Å². The molecule has 2 rings (SSSR count). The highest BCUT2D eigenvalue weighted by atomic mass is 15.1. The van der Waals surface area contributed by atoms with Crippen molar-refractivity contribution in [3.63, 3.8) is 0 Å². The maximum atomic E-state index is 2.30. The molecule has 2 aromatic carbocycles. The maximum Gasteiger partial charge on any atom is 0.0461 e. The molecule has 2 aromatic rings. The van der Waals surface area contributed by atoms with Gasteiger partial charge in [0, 0.05) is 45.1 Å². The lowest BCUT2D eigenvalue weighted by Gasteiger charge is -2.27. The maximum absolute atomic E-state index is 2.30. The molecule has 2 nitrogen and oxygen atoms in total. The van der Waals surface area contributed by atoms with E-state index >= 15 is 0 Å². The summed E-state index contributed by atoms with van der Waals surface area (Å²) in [5, 5.41) is 0. The van der Waals surface area contributed by atoms with Gasteiger partial charge >= 0.3 is 0 Å². The second-order valence-corrected chi connectivity index (χ2v) is 7.85. The molecule has 0 fully saturated rings. The zero-order chi connectivity index (χ0) is 17.2. The van der Waals surface area contributed by atoms with Gasteiger partial charge in [0.25, 0.3) is 0 Å². The van der Waals surface area contributed by atoms with Crippen molar-refractivity contribution in [1.82, 2.24) is 0 Å². The molecule has 23 heavy (non-hydrogen) atoms. The molecule has 0 aliphatic carbocycles. The van der Waals surface area contributed by atoms with Crippen molar-refractivity contribution in [2.75, 3.05) is 38.0 Å². The number of rotatable bonds is 4. The van der Waals surface area contributed by atoms with E-state index in [1.165, 1.54) is 28.1 Å². The molecule has 0 unspecified atom stereocenters. The van der Waals surface area contributed by atoms with E-state index in [2.05, 4.69) is 101 Å². The van der Waals surface area contributed by atoms with Crippen LogP contribution in [0, 0.1) is 5.41 Å². The third-order valence-corrected chi connectivity index (χ3v) is 3.99. The Morgan fingerprint density at radius 2 is 1.26 bits per heavy atom. The first-order valence-electron chi connectivity index (χ1n) is 8.26. The quantitative estimate of drug-likeness (QED) is 0.777. The second kappa shape index (κ2) is 6.66. The number of hydrogen-bond donors (Lipinski definition) is 0. The molecule has 0 atom stereocenters. The number of nitrogens with zero attached hydrogens (tertiary/aromatic N) is 2. The molecule has 0 radical (unpaired) electrons. The smallest absolute Gasteiger partial charge is 0.0461 e. The minimum absolute atomic E-state index is 0.265. The predicted molar refractivity (Wildman–Crippen MR) is 104 cm³/mol. The Hall–Kier alpha value is -1.96. The normalized spacial score (nSPS) is 11.4. The van der Waals surface area contributed by atoms with E-state index in [4.69, 9.17) is 0 Å². The van der Waals surface area contributed by atoms with Crippen molar-refractivity contribution >= 4 is 11.4 Å². The van der Waals surface area contributed by atoms with Crippen LogP contribution in [0.1, 0.15) is 26.3 Å². The van der Waals surface area contributed by atoms with E-state index in [9.17, 15) is 0 Å². The third-order valence-electron chi connectivity index (χ3n) is 3.99. The standard InChI is InChI=1S/C21H30N2/c1-21(2,3)15-16-11-8-9-12-17(16)20-18(22(4)5)13-10-14-19(20)23(6)7/h8-14H,15H2,1-7H3. The summed E-state index contributed by atoms with van der Waals surface area (Å²) in [4.78, 5) is 4.41. The fourth-order valence-corrected chi connectivity index (χ4v) is 3.04. The Morgan fingerprint density at radius 3 is 1.74 bits per heavy atom. The van der Waals surface area contributed by atoms with Gasteiger partial charge in [-0.1, -0.05) is 51.1 Å². The molecule has 0 spiro atoms.